The lowest BCUT2D eigenvalue weighted by molar-refractivity contribution is 0.871. The van der Waals surface area contributed by atoms with E-state index in [0.717, 1.165) is 5.56 Å². The van der Waals surface area contributed by atoms with Crippen LogP contribution >= 0.6 is 15.9 Å². The zero-order valence-corrected chi connectivity index (χ0v) is 10.9. The van der Waals surface area contributed by atoms with Gasteiger partial charge in [0.05, 0.1) is 11.9 Å². The van der Waals surface area contributed by atoms with E-state index in [9.17, 15) is 4.79 Å². The second kappa shape index (κ2) is 5.14. The van der Waals surface area contributed by atoms with E-state index in [-0.39, 0.29) is 11.6 Å². The summed E-state index contributed by atoms with van der Waals surface area (Å²) in [7, 11) is 0. The third-order valence-electron chi connectivity index (χ3n) is 2.47. The first-order valence-corrected chi connectivity index (χ1v) is 6.02. The zero-order chi connectivity index (χ0) is 12.3. The Bertz CT molecular complexity index is 553. The van der Waals surface area contributed by atoms with Crippen LogP contribution < -0.4 is 10.9 Å². The molecule has 1 aromatic heterocycles. The molecular formula is C12H12BrN3O. The van der Waals surface area contributed by atoms with Gasteiger partial charge in [0, 0.05) is 6.04 Å². The summed E-state index contributed by atoms with van der Waals surface area (Å²) in [5.74, 6) is 0. The predicted octanol–water partition coefficient (Wildman–Crippen LogP) is 2.71. The Morgan fingerprint density at radius 3 is 2.76 bits per heavy atom. The van der Waals surface area contributed by atoms with E-state index in [1.165, 1.54) is 0 Å². The van der Waals surface area contributed by atoms with Crippen LogP contribution in [0.2, 0.25) is 0 Å². The van der Waals surface area contributed by atoms with Crippen LogP contribution in [0.3, 0.4) is 0 Å². The number of aromatic nitrogens is 2. The number of rotatable bonds is 3. The van der Waals surface area contributed by atoms with Crippen LogP contribution in [-0.4, -0.2) is 10.2 Å². The fourth-order valence-electron chi connectivity index (χ4n) is 1.54. The van der Waals surface area contributed by atoms with Crippen LogP contribution in [0, 0.1) is 0 Å². The summed E-state index contributed by atoms with van der Waals surface area (Å²) in [5.41, 5.74) is 1.60. The number of benzene rings is 1. The molecule has 0 saturated heterocycles. The highest BCUT2D eigenvalue weighted by Crippen LogP contribution is 2.22. The maximum Gasteiger partial charge on any atom is 0.280 e. The van der Waals surface area contributed by atoms with Crippen LogP contribution in [-0.2, 0) is 0 Å². The third-order valence-corrected chi connectivity index (χ3v) is 3.25. The van der Waals surface area contributed by atoms with Gasteiger partial charge in [0.1, 0.15) is 4.47 Å². The molecule has 4 nitrogen and oxygen atoms in total. The van der Waals surface area contributed by atoms with Crippen molar-refractivity contribution in [3.63, 3.8) is 0 Å². The molecule has 0 spiro atoms. The van der Waals surface area contributed by atoms with Crippen molar-refractivity contribution in [3.8, 4) is 0 Å². The van der Waals surface area contributed by atoms with Gasteiger partial charge in [0.15, 0.2) is 0 Å². The summed E-state index contributed by atoms with van der Waals surface area (Å²) < 4.78 is 0.468. The molecule has 1 heterocycles. The van der Waals surface area contributed by atoms with Crippen molar-refractivity contribution in [3.05, 3.63) is 56.9 Å². The van der Waals surface area contributed by atoms with E-state index in [2.05, 4.69) is 31.4 Å². The van der Waals surface area contributed by atoms with E-state index in [1.54, 1.807) is 6.20 Å². The van der Waals surface area contributed by atoms with Crippen molar-refractivity contribution >= 4 is 21.6 Å². The molecule has 0 radical (unpaired) electrons. The third kappa shape index (κ3) is 2.74. The number of halogens is 1. The minimum Gasteiger partial charge on any atom is -0.376 e. The van der Waals surface area contributed by atoms with Crippen LogP contribution in [0.15, 0.2) is 45.8 Å². The number of hydrogen-bond acceptors (Lipinski definition) is 3. The molecular weight excluding hydrogens is 282 g/mol. The normalized spacial score (nSPS) is 12.1. The summed E-state index contributed by atoms with van der Waals surface area (Å²) in [6, 6.07) is 10.1. The van der Waals surface area contributed by atoms with Gasteiger partial charge in [-0.2, -0.15) is 5.10 Å². The Morgan fingerprint density at radius 1 is 1.35 bits per heavy atom. The van der Waals surface area contributed by atoms with Crippen LogP contribution in [0.4, 0.5) is 5.69 Å². The first-order valence-electron chi connectivity index (χ1n) is 5.23. The molecule has 17 heavy (non-hydrogen) atoms. The lowest BCUT2D eigenvalue weighted by Crippen LogP contribution is -2.14. The maximum atomic E-state index is 11.4. The minimum absolute atomic E-state index is 0.107. The van der Waals surface area contributed by atoms with Crippen molar-refractivity contribution in [2.24, 2.45) is 0 Å². The van der Waals surface area contributed by atoms with Gasteiger partial charge in [-0.05, 0) is 28.4 Å². The van der Waals surface area contributed by atoms with Crippen molar-refractivity contribution in [1.82, 2.24) is 10.2 Å². The first-order chi connectivity index (χ1) is 8.18. The molecule has 5 heteroatoms. The fourth-order valence-corrected chi connectivity index (χ4v) is 1.85. The Hall–Kier alpha value is -1.62. The number of nitrogens with one attached hydrogen (secondary N) is 2. The standard InChI is InChI=1S/C12H12BrN3O/c1-8(9-5-3-2-4-6-9)15-10-7-14-16-12(17)11(10)13/h2-8H,1H3,(H2,15,16,17). The summed E-state index contributed by atoms with van der Waals surface area (Å²) in [5, 5.41) is 9.36. The molecule has 2 N–H and O–H groups in total. The van der Waals surface area contributed by atoms with Crippen LogP contribution in [0.5, 0.6) is 0 Å². The number of anilines is 1. The molecule has 0 aliphatic carbocycles. The van der Waals surface area contributed by atoms with E-state index in [0.29, 0.717) is 10.2 Å². The predicted molar refractivity (Wildman–Crippen MR) is 71.0 cm³/mol. The molecule has 0 aliphatic heterocycles. The molecule has 2 rings (SSSR count). The van der Waals surface area contributed by atoms with Gasteiger partial charge in [-0.15, -0.1) is 0 Å². The lowest BCUT2D eigenvalue weighted by atomic mass is 10.1. The van der Waals surface area contributed by atoms with Gasteiger partial charge in [0.2, 0.25) is 0 Å². The maximum absolute atomic E-state index is 11.4. The van der Waals surface area contributed by atoms with Gasteiger partial charge < -0.3 is 5.32 Å². The minimum atomic E-state index is -0.240. The molecule has 0 fully saturated rings. The summed E-state index contributed by atoms with van der Waals surface area (Å²) in [6.07, 6.45) is 1.59. The second-order valence-corrected chi connectivity index (χ2v) is 4.50. The van der Waals surface area contributed by atoms with Gasteiger partial charge >= 0.3 is 0 Å². The van der Waals surface area contributed by atoms with Crippen molar-refractivity contribution in [2.75, 3.05) is 5.32 Å². The van der Waals surface area contributed by atoms with E-state index >= 15 is 0 Å². The largest absolute Gasteiger partial charge is 0.376 e. The van der Waals surface area contributed by atoms with Crippen molar-refractivity contribution < 1.29 is 0 Å². The monoisotopic (exact) mass is 293 g/mol. The number of hydrogen-bond donors (Lipinski definition) is 2. The van der Waals surface area contributed by atoms with E-state index in [1.807, 2.05) is 37.3 Å². The highest BCUT2D eigenvalue weighted by Gasteiger charge is 2.09. The summed E-state index contributed by atoms with van der Waals surface area (Å²) >= 11 is 3.23. The topological polar surface area (TPSA) is 57.8 Å². The number of H-pyrrole nitrogens is 1. The Morgan fingerprint density at radius 2 is 2.06 bits per heavy atom. The molecule has 1 atom stereocenters. The Labute approximate surface area is 107 Å². The molecule has 1 aromatic carbocycles. The molecule has 0 bridgehead atoms. The molecule has 0 amide bonds. The molecule has 2 aromatic rings. The quantitative estimate of drug-likeness (QED) is 0.915. The highest BCUT2D eigenvalue weighted by molar-refractivity contribution is 9.10. The zero-order valence-electron chi connectivity index (χ0n) is 9.27. The number of aromatic amines is 1. The first kappa shape index (κ1) is 11.9. The molecule has 0 saturated carbocycles. The average Bonchev–Trinajstić information content (AvgIpc) is 2.36. The highest BCUT2D eigenvalue weighted by atomic mass is 79.9. The Balaban J connectivity index is 2.22. The van der Waals surface area contributed by atoms with Crippen molar-refractivity contribution in [2.45, 2.75) is 13.0 Å². The molecule has 1 unspecified atom stereocenters. The summed E-state index contributed by atoms with van der Waals surface area (Å²) in [4.78, 5) is 11.4. The molecule has 0 aliphatic rings. The van der Waals surface area contributed by atoms with Gasteiger partial charge in [-0.3, -0.25) is 4.79 Å². The lowest BCUT2D eigenvalue weighted by Gasteiger charge is -2.15. The fraction of sp³-hybridized carbons (Fsp3) is 0.167. The smallest absolute Gasteiger partial charge is 0.280 e. The Kier molecular flexibility index (Phi) is 3.58. The van der Waals surface area contributed by atoms with Gasteiger partial charge in [-0.1, -0.05) is 30.3 Å². The van der Waals surface area contributed by atoms with Crippen LogP contribution in [0.1, 0.15) is 18.5 Å². The molecule has 88 valence electrons. The summed E-state index contributed by atoms with van der Waals surface area (Å²) in [6.45, 7) is 2.03. The van der Waals surface area contributed by atoms with Gasteiger partial charge in [-0.25, -0.2) is 5.10 Å². The number of nitrogens with zero attached hydrogens (tertiary/aromatic N) is 1. The van der Waals surface area contributed by atoms with Gasteiger partial charge in [0.25, 0.3) is 5.56 Å². The van der Waals surface area contributed by atoms with Crippen molar-refractivity contribution in [1.29, 1.82) is 0 Å². The second-order valence-electron chi connectivity index (χ2n) is 3.70. The van der Waals surface area contributed by atoms with E-state index in [4.69, 9.17) is 0 Å². The average molecular weight is 294 g/mol. The van der Waals surface area contributed by atoms with Crippen LogP contribution in [0.25, 0.3) is 0 Å². The van der Waals surface area contributed by atoms with E-state index < -0.39 is 0 Å². The SMILES string of the molecule is CC(Nc1cn[nH]c(=O)c1Br)c1ccccc1.